The second kappa shape index (κ2) is 8.32. The molecule has 0 spiro atoms. The van der Waals surface area contributed by atoms with Gasteiger partial charge in [-0.1, -0.05) is 30.3 Å². The Kier molecular flexibility index (Phi) is 5.89. The minimum absolute atomic E-state index is 0.0263. The summed E-state index contributed by atoms with van der Waals surface area (Å²) in [7, 11) is 0. The standard InChI is InChI=1S/C20H26N2O3/c1-15(16(2)22-9-11-24-12-10-22)21-20(23)14-25-19-8-7-17-5-3-4-6-18(17)13-19/h3-8,13,15-16H,9-12,14H2,1-2H3,(H,21,23). The van der Waals surface area contributed by atoms with E-state index in [1.54, 1.807) is 0 Å². The molecule has 0 bridgehead atoms. The van der Waals surface area contributed by atoms with Gasteiger partial charge < -0.3 is 14.8 Å². The Morgan fingerprint density at radius 3 is 2.64 bits per heavy atom. The Labute approximate surface area is 148 Å². The summed E-state index contributed by atoms with van der Waals surface area (Å²) in [4.78, 5) is 14.5. The van der Waals surface area contributed by atoms with Gasteiger partial charge in [0.2, 0.25) is 0 Å². The number of benzene rings is 2. The zero-order chi connectivity index (χ0) is 17.6. The number of ether oxygens (including phenoxy) is 2. The third kappa shape index (κ3) is 4.71. The fraction of sp³-hybridized carbons (Fsp3) is 0.450. The first kappa shape index (κ1) is 17.7. The average molecular weight is 342 g/mol. The molecule has 134 valence electrons. The van der Waals surface area contributed by atoms with Gasteiger partial charge in [-0.05, 0) is 36.8 Å². The van der Waals surface area contributed by atoms with E-state index in [1.165, 1.54) is 0 Å². The average Bonchev–Trinajstić information content (AvgIpc) is 2.66. The first-order valence-electron chi connectivity index (χ1n) is 8.86. The van der Waals surface area contributed by atoms with E-state index in [2.05, 4.69) is 23.2 Å². The second-order valence-corrected chi connectivity index (χ2v) is 6.54. The molecule has 1 aliphatic heterocycles. The molecule has 1 heterocycles. The first-order valence-corrected chi connectivity index (χ1v) is 8.86. The molecule has 1 saturated heterocycles. The van der Waals surface area contributed by atoms with Gasteiger partial charge in [0, 0.05) is 25.2 Å². The Hall–Kier alpha value is -2.11. The van der Waals surface area contributed by atoms with Crippen molar-refractivity contribution in [3.63, 3.8) is 0 Å². The molecule has 1 N–H and O–H groups in total. The minimum atomic E-state index is -0.0965. The number of carbonyl (C=O) groups is 1. The third-order valence-corrected chi connectivity index (χ3v) is 4.82. The summed E-state index contributed by atoms with van der Waals surface area (Å²) in [6.45, 7) is 7.54. The van der Waals surface area contributed by atoms with Crippen molar-refractivity contribution < 1.29 is 14.3 Å². The van der Waals surface area contributed by atoms with Gasteiger partial charge in [-0.15, -0.1) is 0 Å². The maximum Gasteiger partial charge on any atom is 0.258 e. The van der Waals surface area contributed by atoms with Crippen LogP contribution in [0, 0.1) is 0 Å². The highest BCUT2D eigenvalue weighted by atomic mass is 16.5. The molecule has 25 heavy (non-hydrogen) atoms. The number of carbonyl (C=O) groups excluding carboxylic acids is 1. The largest absolute Gasteiger partial charge is 0.484 e. The summed E-state index contributed by atoms with van der Waals surface area (Å²) in [6.07, 6.45) is 0. The highest BCUT2D eigenvalue weighted by Crippen LogP contribution is 2.20. The first-order chi connectivity index (χ1) is 12.1. The van der Waals surface area contributed by atoms with E-state index in [-0.39, 0.29) is 24.6 Å². The Morgan fingerprint density at radius 2 is 1.88 bits per heavy atom. The molecule has 5 heteroatoms. The van der Waals surface area contributed by atoms with E-state index in [4.69, 9.17) is 9.47 Å². The van der Waals surface area contributed by atoms with Crippen LogP contribution in [0.1, 0.15) is 13.8 Å². The van der Waals surface area contributed by atoms with Crippen LogP contribution in [-0.2, 0) is 9.53 Å². The van der Waals surface area contributed by atoms with E-state index >= 15 is 0 Å². The van der Waals surface area contributed by atoms with Crippen LogP contribution in [0.15, 0.2) is 42.5 Å². The lowest BCUT2D eigenvalue weighted by Crippen LogP contribution is -2.52. The molecule has 0 saturated carbocycles. The van der Waals surface area contributed by atoms with Crippen LogP contribution in [0.25, 0.3) is 10.8 Å². The van der Waals surface area contributed by atoms with Gasteiger partial charge >= 0.3 is 0 Å². The molecule has 2 aromatic carbocycles. The fourth-order valence-corrected chi connectivity index (χ4v) is 3.12. The predicted molar refractivity (Wildman–Crippen MR) is 98.9 cm³/mol. The van der Waals surface area contributed by atoms with Crippen LogP contribution in [0.3, 0.4) is 0 Å². The monoisotopic (exact) mass is 342 g/mol. The SMILES string of the molecule is CC(NC(=O)COc1ccc2ccccc2c1)C(C)N1CCOCC1. The van der Waals surface area contributed by atoms with Crippen LogP contribution in [0.2, 0.25) is 0 Å². The van der Waals surface area contributed by atoms with Gasteiger partial charge in [0.25, 0.3) is 5.91 Å². The topological polar surface area (TPSA) is 50.8 Å². The van der Waals surface area contributed by atoms with Gasteiger partial charge in [-0.2, -0.15) is 0 Å². The molecular formula is C20H26N2O3. The summed E-state index contributed by atoms with van der Waals surface area (Å²) >= 11 is 0. The molecule has 0 aromatic heterocycles. The van der Waals surface area contributed by atoms with Crippen molar-refractivity contribution in [2.45, 2.75) is 25.9 Å². The summed E-state index contributed by atoms with van der Waals surface area (Å²) in [5.41, 5.74) is 0. The maximum atomic E-state index is 12.2. The molecule has 3 rings (SSSR count). The highest BCUT2D eigenvalue weighted by Gasteiger charge is 2.23. The number of rotatable bonds is 6. The van der Waals surface area contributed by atoms with Crippen molar-refractivity contribution in [2.24, 2.45) is 0 Å². The lowest BCUT2D eigenvalue weighted by atomic mass is 10.1. The number of amides is 1. The molecule has 2 aromatic rings. The van der Waals surface area contributed by atoms with Crippen LogP contribution in [0.5, 0.6) is 5.75 Å². The summed E-state index contributed by atoms with van der Waals surface area (Å²) in [5.74, 6) is 0.614. The normalized spacial score (nSPS) is 17.8. The smallest absolute Gasteiger partial charge is 0.258 e. The molecule has 0 aliphatic carbocycles. The zero-order valence-corrected chi connectivity index (χ0v) is 14.9. The number of nitrogens with one attached hydrogen (secondary N) is 1. The molecule has 5 nitrogen and oxygen atoms in total. The summed E-state index contributed by atoms with van der Waals surface area (Å²) in [6, 6.07) is 14.3. The van der Waals surface area contributed by atoms with Crippen LogP contribution >= 0.6 is 0 Å². The molecule has 2 unspecified atom stereocenters. The molecular weight excluding hydrogens is 316 g/mol. The third-order valence-electron chi connectivity index (χ3n) is 4.82. The number of nitrogens with zero attached hydrogens (tertiary/aromatic N) is 1. The van der Waals surface area contributed by atoms with E-state index in [1.807, 2.05) is 43.3 Å². The van der Waals surface area contributed by atoms with Crippen LogP contribution in [0.4, 0.5) is 0 Å². The lowest BCUT2D eigenvalue weighted by molar-refractivity contribution is -0.124. The number of hydrogen-bond acceptors (Lipinski definition) is 4. The number of hydrogen-bond donors (Lipinski definition) is 1. The van der Waals surface area contributed by atoms with Crippen LogP contribution in [-0.4, -0.2) is 55.8 Å². The lowest BCUT2D eigenvalue weighted by Gasteiger charge is -2.35. The summed E-state index contributed by atoms with van der Waals surface area (Å²) < 4.78 is 11.0. The number of fused-ring (bicyclic) bond motifs is 1. The van der Waals surface area contributed by atoms with Crippen molar-refractivity contribution in [2.75, 3.05) is 32.9 Å². The van der Waals surface area contributed by atoms with Crippen LogP contribution < -0.4 is 10.1 Å². The van der Waals surface area contributed by atoms with E-state index < -0.39 is 0 Å². The fourth-order valence-electron chi connectivity index (χ4n) is 3.12. The molecule has 1 fully saturated rings. The molecule has 1 aliphatic rings. The minimum Gasteiger partial charge on any atom is -0.484 e. The van der Waals surface area contributed by atoms with Crippen molar-refractivity contribution in [1.29, 1.82) is 0 Å². The van der Waals surface area contributed by atoms with E-state index in [0.29, 0.717) is 5.75 Å². The summed E-state index contributed by atoms with van der Waals surface area (Å²) in [5, 5.41) is 5.30. The Bertz CT molecular complexity index is 713. The molecule has 1 amide bonds. The Balaban J connectivity index is 1.49. The van der Waals surface area contributed by atoms with Crippen molar-refractivity contribution >= 4 is 16.7 Å². The quantitative estimate of drug-likeness (QED) is 0.876. The highest BCUT2D eigenvalue weighted by molar-refractivity contribution is 5.84. The van der Waals surface area contributed by atoms with Gasteiger partial charge in [0.1, 0.15) is 5.75 Å². The molecule has 2 atom stereocenters. The van der Waals surface area contributed by atoms with Crippen molar-refractivity contribution in [1.82, 2.24) is 10.2 Å². The maximum absolute atomic E-state index is 12.2. The van der Waals surface area contributed by atoms with Crippen molar-refractivity contribution in [3.05, 3.63) is 42.5 Å². The van der Waals surface area contributed by atoms with Gasteiger partial charge in [-0.3, -0.25) is 9.69 Å². The second-order valence-electron chi connectivity index (χ2n) is 6.54. The van der Waals surface area contributed by atoms with Gasteiger partial charge in [0.15, 0.2) is 6.61 Å². The predicted octanol–water partition coefficient (Wildman–Crippen LogP) is 2.44. The Morgan fingerprint density at radius 1 is 1.16 bits per heavy atom. The molecule has 0 radical (unpaired) electrons. The van der Waals surface area contributed by atoms with E-state index in [9.17, 15) is 4.79 Å². The van der Waals surface area contributed by atoms with Gasteiger partial charge in [0.05, 0.1) is 13.2 Å². The van der Waals surface area contributed by atoms with Gasteiger partial charge in [-0.25, -0.2) is 0 Å². The zero-order valence-electron chi connectivity index (χ0n) is 14.9. The van der Waals surface area contributed by atoms with Crippen molar-refractivity contribution in [3.8, 4) is 5.75 Å². The number of morpholine rings is 1. The van der Waals surface area contributed by atoms with E-state index in [0.717, 1.165) is 37.1 Å².